The summed E-state index contributed by atoms with van der Waals surface area (Å²) in [4.78, 5) is 20.5. The van der Waals surface area contributed by atoms with E-state index in [1.54, 1.807) is 0 Å². The van der Waals surface area contributed by atoms with Crippen molar-refractivity contribution in [3.63, 3.8) is 0 Å². The number of ether oxygens (including phenoxy) is 1. The lowest BCUT2D eigenvalue weighted by Gasteiger charge is -1.95. The molecule has 0 bridgehead atoms. The van der Waals surface area contributed by atoms with Crippen LogP contribution < -0.4 is 0 Å². The van der Waals surface area contributed by atoms with E-state index in [0.29, 0.717) is 6.42 Å². The maximum absolute atomic E-state index is 10.7. The summed E-state index contributed by atoms with van der Waals surface area (Å²) in [5, 5.41) is 0. The summed E-state index contributed by atoms with van der Waals surface area (Å²) in [6, 6.07) is 0. The standard InChI is InChI=1S/C12H20O3/c1-2-3-4-5-6-7-8-9-10-12(14)15-11-13/h6-7,11H,2-5,8-10H2,1H3/b7-6+. The van der Waals surface area contributed by atoms with Gasteiger partial charge in [-0.15, -0.1) is 0 Å². The van der Waals surface area contributed by atoms with Crippen LogP contribution in [0.5, 0.6) is 0 Å². The molecule has 3 nitrogen and oxygen atoms in total. The fraction of sp³-hybridized carbons (Fsp3) is 0.667. The molecule has 0 amide bonds. The summed E-state index contributed by atoms with van der Waals surface area (Å²) in [5.74, 6) is -0.440. The van der Waals surface area contributed by atoms with Crippen LogP contribution in [-0.4, -0.2) is 12.4 Å². The lowest BCUT2D eigenvalue weighted by molar-refractivity contribution is -0.151. The summed E-state index contributed by atoms with van der Waals surface area (Å²) >= 11 is 0. The third kappa shape index (κ3) is 10.8. The Kier molecular flexibility index (Phi) is 10.1. The summed E-state index contributed by atoms with van der Waals surface area (Å²) in [7, 11) is 0. The van der Waals surface area contributed by atoms with Gasteiger partial charge in [0.05, 0.1) is 0 Å². The molecule has 0 aromatic carbocycles. The molecule has 0 aromatic rings. The van der Waals surface area contributed by atoms with Gasteiger partial charge in [-0.05, 0) is 25.7 Å². The second-order valence-corrected chi connectivity index (χ2v) is 3.45. The van der Waals surface area contributed by atoms with Crippen LogP contribution in [0.25, 0.3) is 0 Å². The average Bonchev–Trinajstić information content (AvgIpc) is 2.22. The number of esters is 1. The molecule has 0 spiro atoms. The number of unbranched alkanes of at least 4 members (excludes halogenated alkanes) is 4. The molecule has 0 heterocycles. The van der Waals surface area contributed by atoms with Crippen molar-refractivity contribution in [2.75, 3.05) is 0 Å². The van der Waals surface area contributed by atoms with Gasteiger partial charge in [-0.25, -0.2) is 0 Å². The Hall–Kier alpha value is -1.12. The molecular formula is C12H20O3. The van der Waals surface area contributed by atoms with E-state index in [4.69, 9.17) is 0 Å². The number of hydrogen-bond donors (Lipinski definition) is 0. The van der Waals surface area contributed by atoms with Gasteiger partial charge in [0.25, 0.3) is 0 Å². The summed E-state index contributed by atoms with van der Waals surface area (Å²) in [6.07, 6.45) is 11.0. The second-order valence-electron chi connectivity index (χ2n) is 3.45. The summed E-state index contributed by atoms with van der Waals surface area (Å²) in [6.45, 7) is 2.37. The maximum Gasteiger partial charge on any atom is 0.313 e. The van der Waals surface area contributed by atoms with Gasteiger partial charge in [-0.2, -0.15) is 0 Å². The SMILES string of the molecule is CCCCC/C=C/CCCC(=O)OC=O. The lowest BCUT2D eigenvalue weighted by atomic mass is 10.1. The predicted molar refractivity (Wildman–Crippen MR) is 59.3 cm³/mol. The van der Waals surface area contributed by atoms with E-state index in [9.17, 15) is 9.59 Å². The molecule has 0 N–H and O–H groups in total. The molecule has 0 rings (SSSR count). The van der Waals surface area contributed by atoms with Crippen molar-refractivity contribution >= 4 is 12.4 Å². The van der Waals surface area contributed by atoms with Crippen molar-refractivity contribution < 1.29 is 14.3 Å². The van der Waals surface area contributed by atoms with Crippen molar-refractivity contribution in [3.05, 3.63) is 12.2 Å². The molecule has 0 aliphatic heterocycles. The first-order valence-electron chi connectivity index (χ1n) is 5.59. The molecule has 86 valence electrons. The minimum Gasteiger partial charge on any atom is -0.395 e. The molecule has 0 unspecified atom stereocenters. The first-order chi connectivity index (χ1) is 7.31. The Morgan fingerprint density at radius 1 is 1.13 bits per heavy atom. The quantitative estimate of drug-likeness (QED) is 0.194. The Balaban J connectivity index is 3.22. The summed E-state index contributed by atoms with van der Waals surface area (Å²) in [5.41, 5.74) is 0. The second kappa shape index (κ2) is 11.0. The van der Waals surface area contributed by atoms with Crippen LogP contribution in [0, 0.1) is 0 Å². The maximum atomic E-state index is 10.7. The third-order valence-corrected chi connectivity index (χ3v) is 2.07. The molecule has 0 aliphatic rings. The summed E-state index contributed by atoms with van der Waals surface area (Å²) < 4.78 is 4.16. The number of allylic oxidation sites excluding steroid dienone is 2. The van der Waals surface area contributed by atoms with E-state index in [1.165, 1.54) is 19.3 Å². The van der Waals surface area contributed by atoms with Gasteiger partial charge in [-0.1, -0.05) is 31.9 Å². The van der Waals surface area contributed by atoms with Gasteiger partial charge >= 0.3 is 12.4 Å². The van der Waals surface area contributed by atoms with Crippen molar-refractivity contribution in [2.45, 2.75) is 51.9 Å². The van der Waals surface area contributed by atoms with E-state index >= 15 is 0 Å². The highest BCUT2D eigenvalue weighted by Crippen LogP contribution is 2.02. The van der Waals surface area contributed by atoms with E-state index in [0.717, 1.165) is 19.3 Å². The third-order valence-electron chi connectivity index (χ3n) is 2.07. The zero-order valence-electron chi connectivity index (χ0n) is 9.41. The highest BCUT2D eigenvalue weighted by atomic mass is 16.6. The zero-order valence-corrected chi connectivity index (χ0v) is 9.41. The largest absolute Gasteiger partial charge is 0.395 e. The minimum atomic E-state index is -0.440. The Morgan fingerprint density at radius 2 is 1.80 bits per heavy atom. The normalized spacial score (nSPS) is 10.5. The molecule has 0 aromatic heterocycles. The van der Waals surface area contributed by atoms with Crippen LogP contribution >= 0.6 is 0 Å². The number of carbonyl (C=O) groups excluding carboxylic acids is 2. The lowest BCUT2D eigenvalue weighted by Crippen LogP contribution is -2.01. The van der Waals surface area contributed by atoms with Crippen molar-refractivity contribution in [3.8, 4) is 0 Å². The molecular weight excluding hydrogens is 192 g/mol. The van der Waals surface area contributed by atoms with Crippen LogP contribution in [0.15, 0.2) is 12.2 Å². The van der Waals surface area contributed by atoms with Crippen molar-refractivity contribution in [1.82, 2.24) is 0 Å². The fourth-order valence-corrected chi connectivity index (χ4v) is 1.22. The molecule has 0 aliphatic carbocycles. The molecule has 0 fully saturated rings. The monoisotopic (exact) mass is 212 g/mol. The predicted octanol–water partition coefficient (Wildman–Crippen LogP) is 2.99. The van der Waals surface area contributed by atoms with Crippen LogP contribution in [-0.2, 0) is 14.3 Å². The molecule has 0 atom stereocenters. The van der Waals surface area contributed by atoms with Gasteiger partial charge < -0.3 is 4.74 Å². The Labute approximate surface area is 91.5 Å². The average molecular weight is 212 g/mol. The van der Waals surface area contributed by atoms with E-state index in [2.05, 4.69) is 23.8 Å². The highest BCUT2D eigenvalue weighted by molar-refractivity contribution is 5.76. The van der Waals surface area contributed by atoms with Crippen LogP contribution in [0.3, 0.4) is 0 Å². The minimum absolute atomic E-state index is 0.183. The van der Waals surface area contributed by atoms with E-state index in [1.807, 2.05) is 0 Å². The smallest absolute Gasteiger partial charge is 0.313 e. The fourth-order valence-electron chi connectivity index (χ4n) is 1.22. The number of carbonyl (C=O) groups is 2. The highest BCUT2D eigenvalue weighted by Gasteiger charge is 1.99. The van der Waals surface area contributed by atoms with Gasteiger partial charge in [0.2, 0.25) is 0 Å². The molecule has 3 heteroatoms. The number of hydrogen-bond acceptors (Lipinski definition) is 3. The van der Waals surface area contributed by atoms with Crippen molar-refractivity contribution in [1.29, 1.82) is 0 Å². The molecule has 0 radical (unpaired) electrons. The Morgan fingerprint density at radius 3 is 2.40 bits per heavy atom. The van der Waals surface area contributed by atoms with Crippen LogP contribution in [0.2, 0.25) is 0 Å². The van der Waals surface area contributed by atoms with Gasteiger partial charge in [0, 0.05) is 6.42 Å². The van der Waals surface area contributed by atoms with E-state index < -0.39 is 5.97 Å². The topological polar surface area (TPSA) is 43.4 Å². The van der Waals surface area contributed by atoms with Crippen LogP contribution in [0.1, 0.15) is 51.9 Å². The molecule has 0 saturated carbocycles. The van der Waals surface area contributed by atoms with Gasteiger partial charge in [0.1, 0.15) is 0 Å². The van der Waals surface area contributed by atoms with Gasteiger partial charge in [0.15, 0.2) is 0 Å². The molecule has 0 saturated heterocycles. The van der Waals surface area contributed by atoms with Gasteiger partial charge in [-0.3, -0.25) is 9.59 Å². The first kappa shape index (κ1) is 13.9. The first-order valence-corrected chi connectivity index (χ1v) is 5.59. The van der Waals surface area contributed by atoms with Crippen LogP contribution in [0.4, 0.5) is 0 Å². The Bertz CT molecular complexity index is 197. The zero-order chi connectivity index (χ0) is 11.4. The number of rotatable bonds is 9. The van der Waals surface area contributed by atoms with E-state index in [-0.39, 0.29) is 6.47 Å². The van der Waals surface area contributed by atoms with Crippen molar-refractivity contribution in [2.24, 2.45) is 0 Å². The molecule has 15 heavy (non-hydrogen) atoms.